The van der Waals surface area contributed by atoms with Gasteiger partial charge >= 0.3 is 0 Å². The first-order chi connectivity index (χ1) is 13.3. The van der Waals surface area contributed by atoms with Crippen LogP contribution >= 0.6 is 0 Å². The molecule has 0 bridgehead atoms. The van der Waals surface area contributed by atoms with E-state index in [0.717, 1.165) is 36.0 Å². The van der Waals surface area contributed by atoms with E-state index in [1.807, 2.05) is 36.4 Å². The fourth-order valence-electron chi connectivity index (χ4n) is 4.40. The van der Waals surface area contributed by atoms with E-state index >= 15 is 0 Å². The maximum absolute atomic E-state index is 12.9. The second-order valence-corrected chi connectivity index (χ2v) is 7.11. The van der Waals surface area contributed by atoms with Crippen molar-refractivity contribution in [3.63, 3.8) is 0 Å². The minimum absolute atomic E-state index is 0.419. The van der Waals surface area contributed by atoms with Crippen molar-refractivity contribution in [2.75, 3.05) is 0 Å². The van der Waals surface area contributed by atoms with Gasteiger partial charge < -0.3 is 0 Å². The zero-order valence-electron chi connectivity index (χ0n) is 14.9. The first kappa shape index (κ1) is 16.0. The Morgan fingerprint density at radius 1 is 0.519 bits per heavy atom. The molecule has 2 aliphatic rings. The van der Waals surface area contributed by atoms with E-state index in [-0.39, 0.29) is 0 Å². The molecule has 2 heteroatoms. The molecule has 0 heterocycles. The number of fused-ring (bicyclic) bond motifs is 3. The average molecular weight is 350 g/mol. The minimum atomic E-state index is -0.419. The topological polar surface area (TPSA) is 34.1 Å². The van der Waals surface area contributed by atoms with Gasteiger partial charge in [0.1, 0.15) is 0 Å². The van der Waals surface area contributed by atoms with Crippen LogP contribution in [0, 0.1) is 0 Å². The normalized spacial score (nSPS) is 15.7. The van der Waals surface area contributed by atoms with Crippen LogP contribution in [0.2, 0.25) is 0 Å². The Morgan fingerprint density at radius 2 is 1.00 bits per heavy atom. The van der Waals surface area contributed by atoms with Crippen LogP contribution in [-0.4, -0.2) is 11.6 Å². The van der Waals surface area contributed by atoms with Crippen LogP contribution in [0.15, 0.2) is 72.8 Å². The second kappa shape index (κ2) is 6.17. The standard InChI is InChI=1S/C25H18O2/c26-24-21-13-5-3-11-19(21)23(20-12-4-6-14-22(20)25(24)27)18-15-7-9-16-8-1-2-10-17(16)18/h1-6,8,10-14H,7,9,15H2. The van der Waals surface area contributed by atoms with Gasteiger partial charge in [0.15, 0.2) is 0 Å². The first-order valence-corrected chi connectivity index (χ1v) is 9.35. The summed E-state index contributed by atoms with van der Waals surface area (Å²) in [6, 6.07) is 23.5. The number of benzene rings is 3. The molecule has 3 aromatic rings. The van der Waals surface area contributed by atoms with Gasteiger partial charge in [0.2, 0.25) is 11.6 Å². The van der Waals surface area contributed by atoms with Crippen molar-refractivity contribution in [2.24, 2.45) is 0 Å². The summed E-state index contributed by atoms with van der Waals surface area (Å²) in [5.74, 6) is -0.838. The lowest BCUT2D eigenvalue weighted by Crippen LogP contribution is -2.14. The fourth-order valence-corrected chi connectivity index (χ4v) is 4.40. The van der Waals surface area contributed by atoms with Gasteiger partial charge in [-0.1, -0.05) is 72.8 Å². The molecule has 5 rings (SSSR count). The predicted molar refractivity (Wildman–Crippen MR) is 107 cm³/mol. The van der Waals surface area contributed by atoms with Crippen molar-refractivity contribution >= 4 is 22.7 Å². The molecule has 0 aliphatic heterocycles. The highest BCUT2D eigenvalue weighted by Gasteiger charge is 2.32. The van der Waals surface area contributed by atoms with Gasteiger partial charge in [-0.2, -0.15) is 0 Å². The Labute approximate surface area is 158 Å². The lowest BCUT2D eigenvalue weighted by Gasteiger charge is -2.24. The van der Waals surface area contributed by atoms with Gasteiger partial charge in [0, 0.05) is 11.1 Å². The number of Topliss-reactive ketones (excluding diaryl/α,β-unsaturated/α-hetero) is 2. The third-order valence-electron chi connectivity index (χ3n) is 5.61. The van der Waals surface area contributed by atoms with Crippen LogP contribution in [0.4, 0.5) is 0 Å². The van der Waals surface area contributed by atoms with Gasteiger partial charge in [0.05, 0.1) is 0 Å². The summed E-state index contributed by atoms with van der Waals surface area (Å²) in [6.45, 7) is 0. The molecule has 0 saturated carbocycles. The Kier molecular flexibility index (Phi) is 3.64. The summed E-state index contributed by atoms with van der Waals surface area (Å²) in [7, 11) is 0. The molecule has 0 amide bonds. The molecule has 2 nitrogen and oxygen atoms in total. The van der Waals surface area contributed by atoms with Gasteiger partial charge in [-0.25, -0.2) is 0 Å². The van der Waals surface area contributed by atoms with E-state index in [1.165, 1.54) is 16.7 Å². The molecule has 0 spiro atoms. The average Bonchev–Trinajstić information content (AvgIpc) is 2.82. The Bertz CT molecular complexity index is 1070. The van der Waals surface area contributed by atoms with Crippen LogP contribution < -0.4 is 0 Å². The number of allylic oxidation sites excluding steroid dienone is 1. The maximum Gasteiger partial charge on any atom is 0.234 e. The highest BCUT2D eigenvalue weighted by molar-refractivity contribution is 6.51. The highest BCUT2D eigenvalue weighted by atomic mass is 16.2. The van der Waals surface area contributed by atoms with Gasteiger partial charge in [-0.15, -0.1) is 0 Å². The lowest BCUT2D eigenvalue weighted by atomic mass is 9.80. The minimum Gasteiger partial charge on any atom is -0.285 e. The van der Waals surface area contributed by atoms with Crippen LogP contribution in [0.25, 0.3) is 11.1 Å². The molecule has 2 aliphatic carbocycles. The Balaban J connectivity index is 1.94. The van der Waals surface area contributed by atoms with Crippen molar-refractivity contribution in [3.8, 4) is 0 Å². The van der Waals surface area contributed by atoms with Crippen molar-refractivity contribution in [3.05, 3.63) is 106 Å². The first-order valence-electron chi connectivity index (χ1n) is 9.35. The molecule has 0 N–H and O–H groups in total. The summed E-state index contributed by atoms with van der Waals surface area (Å²) in [5, 5.41) is 0. The zero-order valence-corrected chi connectivity index (χ0v) is 14.9. The van der Waals surface area contributed by atoms with E-state index in [9.17, 15) is 9.59 Å². The number of carbonyl (C=O) groups excluding carboxylic acids is 2. The molecule has 0 fully saturated rings. The van der Waals surface area contributed by atoms with E-state index < -0.39 is 11.6 Å². The maximum atomic E-state index is 12.9. The van der Waals surface area contributed by atoms with Gasteiger partial charge in [0.25, 0.3) is 0 Å². The summed E-state index contributed by atoms with van der Waals surface area (Å²) >= 11 is 0. The van der Waals surface area contributed by atoms with E-state index in [1.54, 1.807) is 12.1 Å². The second-order valence-electron chi connectivity index (χ2n) is 7.11. The molecule has 0 unspecified atom stereocenters. The monoisotopic (exact) mass is 350 g/mol. The number of hydrogen-bond donors (Lipinski definition) is 0. The van der Waals surface area contributed by atoms with Crippen molar-refractivity contribution in [2.45, 2.75) is 19.3 Å². The number of carbonyl (C=O) groups is 2. The number of ketones is 2. The summed E-state index contributed by atoms with van der Waals surface area (Å²) in [4.78, 5) is 25.8. The third-order valence-corrected chi connectivity index (χ3v) is 5.61. The highest BCUT2D eigenvalue weighted by Crippen LogP contribution is 2.43. The summed E-state index contributed by atoms with van der Waals surface area (Å²) in [6.07, 6.45) is 3.08. The predicted octanol–water partition coefficient (Wildman–Crippen LogP) is 5.36. The quantitative estimate of drug-likeness (QED) is 0.511. The fraction of sp³-hybridized carbons (Fsp3) is 0.120. The smallest absolute Gasteiger partial charge is 0.234 e. The lowest BCUT2D eigenvalue weighted by molar-refractivity contribution is 0.0817. The molecular weight excluding hydrogens is 332 g/mol. The number of aryl methyl sites for hydroxylation is 1. The van der Waals surface area contributed by atoms with E-state index in [0.29, 0.717) is 11.1 Å². The van der Waals surface area contributed by atoms with Crippen molar-refractivity contribution < 1.29 is 9.59 Å². The zero-order chi connectivity index (χ0) is 18.4. The molecule has 0 atom stereocenters. The summed E-state index contributed by atoms with van der Waals surface area (Å²) in [5.41, 5.74) is 7.59. The van der Waals surface area contributed by atoms with Crippen LogP contribution in [-0.2, 0) is 6.42 Å². The van der Waals surface area contributed by atoms with Gasteiger partial charge in [-0.3, -0.25) is 9.59 Å². The molecule has 0 aromatic heterocycles. The Morgan fingerprint density at radius 3 is 1.59 bits per heavy atom. The molecule has 0 radical (unpaired) electrons. The SMILES string of the molecule is O=C1C(=O)c2ccccc2C(=C2CCCc3ccccc32)c2ccccc21. The molecule has 130 valence electrons. The van der Waals surface area contributed by atoms with Crippen LogP contribution in [0.3, 0.4) is 0 Å². The van der Waals surface area contributed by atoms with Crippen molar-refractivity contribution in [1.29, 1.82) is 0 Å². The van der Waals surface area contributed by atoms with Gasteiger partial charge in [-0.05, 0) is 52.7 Å². The molecular formula is C25H18O2. The largest absolute Gasteiger partial charge is 0.285 e. The van der Waals surface area contributed by atoms with E-state index in [2.05, 4.69) is 24.3 Å². The van der Waals surface area contributed by atoms with E-state index in [4.69, 9.17) is 0 Å². The molecule has 3 aromatic carbocycles. The Hall–Kier alpha value is -3.26. The van der Waals surface area contributed by atoms with Crippen molar-refractivity contribution in [1.82, 2.24) is 0 Å². The van der Waals surface area contributed by atoms with Crippen LogP contribution in [0.5, 0.6) is 0 Å². The van der Waals surface area contributed by atoms with Crippen LogP contribution in [0.1, 0.15) is 55.8 Å². The molecule has 0 saturated heterocycles. The molecule has 27 heavy (non-hydrogen) atoms. The summed E-state index contributed by atoms with van der Waals surface area (Å²) < 4.78 is 0. The third kappa shape index (κ3) is 2.41. The number of hydrogen-bond acceptors (Lipinski definition) is 2. The number of rotatable bonds is 0.